The first-order chi connectivity index (χ1) is 11.1. The molecule has 0 spiro atoms. The van der Waals surface area contributed by atoms with E-state index >= 15 is 0 Å². The molecule has 0 saturated heterocycles. The first-order valence-electron chi connectivity index (χ1n) is 7.15. The predicted octanol–water partition coefficient (Wildman–Crippen LogP) is 5.53. The van der Waals surface area contributed by atoms with Crippen LogP contribution in [0.5, 0.6) is 5.75 Å². The molecule has 2 nitrogen and oxygen atoms in total. The molecule has 24 heavy (non-hydrogen) atoms. The average Bonchev–Trinajstić information content (AvgIpc) is 2.51. The van der Waals surface area contributed by atoms with Gasteiger partial charge in [-0.15, -0.1) is 13.2 Å². The van der Waals surface area contributed by atoms with Crippen LogP contribution in [0, 0.1) is 0 Å². The number of hydrogen-bond acceptors (Lipinski definition) is 3. The van der Waals surface area contributed by atoms with E-state index in [4.69, 9.17) is 16.3 Å². The van der Waals surface area contributed by atoms with Gasteiger partial charge in [0, 0.05) is 24.4 Å². The summed E-state index contributed by atoms with van der Waals surface area (Å²) in [5.74, 6) is 0.618. The fraction of sp³-hybridized carbons (Fsp3) is 0.111. The van der Waals surface area contributed by atoms with E-state index in [1.54, 1.807) is 6.08 Å². The Bertz CT molecular complexity index is 690. The summed E-state index contributed by atoms with van der Waals surface area (Å²) in [6.07, 6.45) is 5.03. The number of para-hydroxylation sites is 1. The van der Waals surface area contributed by atoms with Crippen molar-refractivity contribution >= 4 is 28.9 Å². The Kier molecular flexibility index (Phi) is 9.19. The van der Waals surface area contributed by atoms with Crippen LogP contribution in [0.3, 0.4) is 0 Å². The van der Waals surface area contributed by atoms with E-state index in [0.717, 1.165) is 22.4 Å². The summed E-state index contributed by atoms with van der Waals surface area (Å²) in [5, 5.41) is 0. The van der Waals surface area contributed by atoms with Gasteiger partial charge in [-0.1, -0.05) is 48.6 Å². The summed E-state index contributed by atoms with van der Waals surface area (Å²) in [4.78, 5) is 11.6. The summed E-state index contributed by atoms with van der Waals surface area (Å²) in [5.41, 5.74) is -1.01. The molecule has 0 heterocycles. The number of rotatable bonds is 8. The van der Waals surface area contributed by atoms with E-state index in [-0.39, 0.29) is 19.5 Å². The zero-order valence-corrected chi connectivity index (χ0v) is 18.9. The van der Waals surface area contributed by atoms with Gasteiger partial charge in [0.25, 0.3) is 5.69 Å². The Labute approximate surface area is 165 Å². The molecule has 6 heteroatoms. The first kappa shape index (κ1) is 21.3. The van der Waals surface area contributed by atoms with E-state index in [1.807, 2.05) is 54.6 Å². The zero-order valence-electron chi connectivity index (χ0n) is 13.4. The molecule has 0 aliphatic rings. The van der Waals surface area contributed by atoms with Crippen molar-refractivity contribution in [1.82, 2.24) is 0 Å². The van der Waals surface area contributed by atoms with Gasteiger partial charge < -0.3 is 9.42 Å². The van der Waals surface area contributed by atoms with Crippen molar-refractivity contribution in [2.45, 2.75) is 17.7 Å². The molecule has 0 aromatic heterocycles. The summed E-state index contributed by atoms with van der Waals surface area (Å²) in [7, 11) is 0. The smallest absolute Gasteiger partial charge is 0.299 e. The molecule has 1 atom stereocenters. The second kappa shape index (κ2) is 10.3. The monoisotopic (exact) mass is 426 g/mol. The maximum absolute atomic E-state index is 10.6. The largest absolute Gasteiger partial charge is 0.436 e. The van der Waals surface area contributed by atoms with E-state index in [9.17, 15) is 4.89 Å². The van der Waals surface area contributed by atoms with Crippen LogP contribution in [0.25, 0.3) is 0 Å². The van der Waals surface area contributed by atoms with Crippen molar-refractivity contribution < 1.29 is 28.9 Å². The summed E-state index contributed by atoms with van der Waals surface area (Å²) in [6, 6.07) is 15.4. The van der Waals surface area contributed by atoms with Gasteiger partial charge in [0.05, 0.1) is 0 Å². The van der Waals surface area contributed by atoms with E-state index in [0.29, 0.717) is 12.2 Å². The Morgan fingerprint density at radius 1 is 1.00 bits per heavy atom. The predicted molar refractivity (Wildman–Crippen MR) is 104 cm³/mol. The molecule has 1 N–H and O–H groups in total. The van der Waals surface area contributed by atoms with E-state index < -0.39 is 5.69 Å². The third-order valence-corrected chi connectivity index (χ3v) is 6.75. The standard InChI is InChI=1S/C18H19O2PS2.Zn/c1-3-9-15-11-5-7-13-17(15)20-21(19,22)23-18-14-8-6-12-16(18)10-4-2;/h3-8,11-14H,1-2,9-10H2,(H,19,22);. The van der Waals surface area contributed by atoms with E-state index in [2.05, 4.69) is 13.2 Å². The Morgan fingerprint density at radius 3 is 2.21 bits per heavy atom. The van der Waals surface area contributed by atoms with Crippen LogP contribution < -0.4 is 4.52 Å². The minimum atomic E-state index is -3.06. The fourth-order valence-corrected chi connectivity index (χ4v) is 5.82. The van der Waals surface area contributed by atoms with Gasteiger partial charge >= 0.3 is 0 Å². The molecule has 0 fully saturated rings. The van der Waals surface area contributed by atoms with Gasteiger partial charge in [0.1, 0.15) is 5.75 Å². The Balaban J connectivity index is 0.00000288. The molecular formula is C18H19O2PS2Zn. The first-order valence-corrected chi connectivity index (χ1v) is 11.2. The van der Waals surface area contributed by atoms with Crippen molar-refractivity contribution in [1.29, 1.82) is 0 Å². The van der Waals surface area contributed by atoms with Gasteiger partial charge in [-0.05, 0) is 59.3 Å². The van der Waals surface area contributed by atoms with E-state index in [1.165, 1.54) is 11.4 Å². The van der Waals surface area contributed by atoms with Crippen LogP contribution in [-0.4, -0.2) is 4.89 Å². The van der Waals surface area contributed by atoms with Crippen LogP contribution >= 0.6 is 17.1 Å². The topological polar surface area (TPSA) is 29.5 Å². The maximum atomic E-state index is 10.6. The van der Waals surface area contributed by atoms with Crippen LogP contribution in [0.2, 0.25) is 0 Å². The van der Waals surface area contributed by atoms with Gasteiger partial charge in [-0.2, -0.15) is 0 Å². The molecule has 2 aromatic rings. The summed E-state index contributed by atoms with van der Waals surface area (Å²) in [6.45, 7) is 7.51. The van der Waals surface area contributed by atoms with Crippen LogP contribution in [0.4, 0.5) is 0 Å². The second-order valence-corrected chi connectivity index (χ2v) is 10.8. The van der Waals surface area contributed by atoms with Crippen LogP contribution in [-0.2, 0) is 44.1 Å². The third kappa shape index (κ3) is 6.31. The second-order valence-electron chi connectivity index (χ2n) is 4.85. The molecule has 1 unspecified atom stereocenters. The van der Waals surface area contributed by atoms with Crippen LogP contribution in [0.15, 0.2) is 78.7 Å². The Hall–Kier alpha value is -0.697. The van der Waals surface area contributed by atoms with Gasteiger partial charge in [-0.25, -0.2) is 0 Å². The molecule has 122 valence electrons. The fourth-order valence-electron chi connectivity index (χ4n) is 2.10. The molecule has 0 aliphatic carbocycles. The van der Waals surface area contributed by atoms with Crippen molar-refractivity contribution in [3.8, 4) is 5.75 Å². The molecule has 2 aromatic carbocycles. The zero-order chi connectivity index (χ0) is 16.7. The molecular weight excluding hydrogens is 409 g/mol. The third-order valence-electron chi connectivity index (χ3n) is 3.10. The normalized spacial score (nSPS) is 12.5. The van der Waals surface area contributed by atoms with Gasteiger partial charge in [0.2, 0.25) is 0 Å². The van der Waals surface area contributed by atoms with Crippen LogP contribution in [0.1, 0.15) is 11.1 Å². The van der Waals surface area contributed by atoms with Crippen molar-refractivity contribution in [2.24, 2.45) is 0 Å². The molecule has 0 bridgehead atoms. The molecule has 0 aliphatic heterocycles. The summed E-state index contributed by atoms with van der Waals surface area (Å²) >= 11 is 6.57. The SMILES string of the molecule is C=CCc1ccccc1OP(O)(=S)Sc1ccccc1CC=C.[Zn]. The molecule has 0 amide bonds. The maximum Gasteiger partial charge on any atom is 0.299 e. The number of hydrogen-bond donors (Lipinski definition) is 1. The minimum absolute atomic E-state index is 0. The molecule has 0 radical (unpaired) electrons. The Morgan fingerprint density at radius 2 is 1.54 bits per heavy atom. The quantitative estimate of drug-likeness (QED) is 0.341. The molecule has 2 rings (SSSR count). The number of allylic oxidation sites excluding steroid dienone is 2. The molecule has 0 saturated carbocycles. The average molecular weight is 428 g/mol. The summed E-state index contributed by atoms with van der Waals surface area (Å²) < 4.78 is 5.79. The minimum Gasteiger partial charge on any atom is -0.436 e. The van der Waals surface area contributed by atoms with Crippen molar-refractivity contribution in [3.63, 3.8) is 0 Å². The number of benzene rings is 2. The van der Waals surface area contributed by atoms with Gasteiger partial charge in [-0.3, -0.25) is 0 Å². The van der Waals surface area contributed by atoms with Crippen molar-refractivity contribution in [3.05, 3.63) is 85.0 Å². The van der Waals surface area contributed by atoms with Gasteiger partial charge in [0.15, 0.2) is 0 Å². The van der Waals surface area contributed by atoms with Crippen molar-refractivity contribution in [2.75, 3.05) is 0 Å².